The van der Waals surface area contributed by atoms with Gasteiger partial charge in [0.1, 0.15) is 0 Å². The number of nitrogens with one attached hydrogen (secondary N) is 1. The predicted octanol–water partition coefficient (Wildman–Crippen LogP) is 0.602. The Balaban J connectivity index is 2.15. The molecule has 0 unspecified atom stereocenters. The van der Waals surface area contributed by atoms with Crippen LogP contribution < -0.4 is 5.73 Å². The van der Waals surface area contributed by atoms with Crippen molar-refractivity contribution in [3.8, 4) is 0 Å². The molecule has 0 fully saturated rings. The minimum absolute atomic E-state index is 0.745. The maximum Gasteiger partial charge on any atom is 0.0923 e. The van der Waals surface area contributed by atoms with Crippen molar-refractivity contribution in [2.45, 2.75) is 5.75 Å². The zero-order valence-electron chi connectivity index (χ0n) is 5.71. The molecule has 0 atom stereocenters. The minimum atomic E-state index is 0.745. The number of nitrogens with two attached hydrogens (primary N) is 1. The number of aromatic amines is 1. The summed E-state index contributed by atoms with van der Waals surface area (Å²) in [7, 11) is 0. The molecule has 0 saturated heterocycles. The van der Waals surface area contributed by atoms with Gasteiger partial charge in [-0.25, -0.2) is 4.98 Å². The molecule has 0 radical (unpaired) electrons. The lowest BCUT2D eigenvalue weighted by Crippen LogP contribution is -2.01. The monoisotopic (exact) mass is 157 g/mol. The van der Waals surface area contributed by atoms with Gasteiger partial charge in [-0.2, -0.15) is 11.8 Å². The fourth-order valence-corrected chi connectivity index (χ4v) is 1.31. The molecule has 0 amide bonds. The number of aromatic nitrogens is 2. The molecule has 0 aliphatic carbocycles. The van der Waals surface area contributed by atoms with Crippen LogP contribution in [0.25, 0.3) is 0 Å². The number of hydrogen-bond donors (Lipinski definition) is 2. The second kappa shape index (κ2) is 4.35. The van der Waals surface area contributed by atoms with Gasteiger partial charge in [0.2, 0.25) is 0 Å². The average Bonchev–Trinajstić information content (AvgIpc) is 2.41. The first-order chi connectivity index (χ1) is 4.93. The summed E-state index contributed by atoms with van der Waals surface area (Å²) in [6, 6.07) is 0. The standard InChI is InChI=1S/C6H11N3S/c7-1-2-10-4-6-3-8-5-9-6/h3,5H,1-2,4,7H2,(H,8,9). The highest BCUT2D eigenvalue weighted by molar-refractivity contribution is 7.98. The summed E-state index contributed by atoms with van der Waals surface area (Å²) in [5.74, 6) is 1.97. The van der Waals surface area contributed by atoms with Crippen LogP contribution in [0.1, 0.15) is 5.69 Å². The first kappa shape index (κ1) is 7.63. The molecule has 4 heteroatoms. The normalized spacial score (nSPS) is 10.1. The van der Waals surface area contributed by atoms with Crippen LogP contribution in [0.4, 0.5) is 0 Å². The number of imidazole rings is 1. The summed E-state index contributed by atoms with van der Waals surface area (Å²) >= 11 is 1.80. The van der Waals surface area contributed by atoms with Gasteiger partial charge < -0.3 is 10.7 Å². The molecule has 1 aromatic rings. The van der Waals surface area contributed by atoms with Crippen molar-refractivity contribution >= 4 is 11.8 Å². The van der Waals surface area contributed by atoms with Crippen LogP contribution in [0.5, 0.6) is 0 Å². The van der Waals surface area contributed by atoms with Crippen molar-refractivity contribution < 1.29 is 0 Å². The van der Waals surface area contributed by atoms with E-state index >= 15 is 0 Å². The molecule has 3 N–H and O–H groups in total. The van der Waals surface area contributed by atoms with Crippen LogP contribution in [-0.4, -0.2) is 22.3 Å². The molecule has 0 bridgehead atoms. The van der Waals surface area contributed by atoms with Crippen molar-refractivity contribution in [1.29, 1.82) is 0 Å². The molecule has 0 spiro atoms. The van der Waals surface area contributed by atoms with E-state index in [4.69, 9.17) is 5.73 Å². The minimum Gasteiger partial charge on any atom is -0.351 e. The Morgan fingerprint density at radius 3 is 3.20 bits per heavy atom. The van der Waals surface area contributed by atoms with Crippen LogP contribution in [0, 0.1) is 0 Å². The molecule has 1 rings (SSSR count). The summed E-state index contributed by atoms with van der Waals surface area (Å²) in [4.78, 5) is 6.97. The van der Waals surface area contributed by atoms with E-state index < -0.39 is 0 Å². The molecule has 0 aliphatic rings. The van der Waals surface area contributed by atoms with Gasteiger partial charge in [0.25, 0.3) is 0 Å². The Labute approximate surface area is 64.4 Å². The quantitative estimate of drug-likeness (QED) is 0.629. The Morgan fingerprint density at radius 1 is 1.70 bits per heavy atom. The van der Waals surface area contributed by atoms with Gasteiger partial charge in [-0.1, -0.05) is 0 Å². The lowest BCUT2D eigenvalue weighted by Gasteiger charge is -1.93. The molecule has 1 aromatic heterocycles. The van der Waals surface area contributed by atoms with Crippen molar-refractivity contribution in [1.82, 2.24) is 9.97 Å². The maximum absolute atomic E-state index is 5.32. The predicted molar refractivity (Wildman–Crippen MR) is 43.8 cm³/mol. The third kappa shape index (κ3) is 2.41. The summed E-state index contributed by atoms with van der Waals surface area (Å²) in [6.45, 7) is 0.745. The van der Waals surface area contributed by atoms with Crippen LogP contribution in [-0.2, 0) is 5.75 Å². The fraction of sp³-hybridized carbons (Fsp3) is 0.500. The van der Waals surface area contributed by atoms with Gasteiger partial charge in [0.05, 0.1) is 12.0 Å². The topological polar surface area (TPSA) is 54.7 Å². The second-order valence-electron chi connectivity index (χ2n) is 1.90. The lowest BCUT2D eigenvalue weighted by molar-refractivity contribution is 1.14. The first-order valence-electron chi connectivity index (χ1n) is 3.19. The van der Waals surface area contributed by atoms with Gasteiger partial charge in [0.15, 0.2) is 0 Å². The third-order valence-electron chi connectivity index (χ3n) is 1.07. The number of nitrogens with zero attached hydrogens (tertiary/aromatic N) is 1. The first-order valence-corrected chi connectivity index (χ1v) is 4.34. The van der Waals surface area contributed by atoms with E-state index in [1.54, 1.807) is 18.1 Å². The molecule has 0 aliphatic heterocycles. The molecular weight excluding hydrogens is 146 g/mol. The fourth-order valence-electron chi connectivity index (χ4n) is 0.630. The molecule has 3 nitrogen and oxygen atoms in total. The van der Waals surface area contributed by atoms with Crippen molar-refractivity contribution in [2.24, 2.45) is 5.73 Å². The van der Waals surface area contributed by atoms with E-state index in [0.717, 1.165) is 23.7 Å². The van der Waals surface area contributed by atoms with Gasteiger partial charge >= 0.3 is 0 Å². The van der Waals surface area contributed by atoms with E-state index in [1.165, 1.54) is 0 Å². The van der Waals surface area contributed by atoms with Crippen molar-refractivity contribution in [3.63, 3.8) is 0 Å². The van der Waals surface area contributed by atoms with E-state index in [2.05, 4.69) is 9.97 Å². The number of H-pyrrole nitrogens is 1. The number of rotatable bonds is 4. The summed E-state index contributed by atoms with van der Waals surface area (Å²) < 4.78 is 0. The lowest BCUT2D eigenvalue weighted by atomic mass is 10.6. The van der Waals surface area contributed by atoms with Crippen LogP contribution in [0.3, 0.4) is 0 Å². The Bertz CT molecular complexity index is 162. The highest BCUT2D eigenvalue weighted by Crippen LogP contribution is 2.06. The maximum atomic E-state index is 5.32. The van der Waals surface area contributed by atoms with E-state index in [1.807, 2.05) is 6.20 Å². The smallest absolute Gasteiger partial charge is 0.0923 e. The molecular formula is C6H11N3S. The van der Waals surface area contributed by atoms with Crippen LogP contribution in [0.2, 0.25) is 0 Å². The van der Waals surface area contributed by atoms with Gasteiger partial charge in [0, 0.05) is 24.2 Å². The third-order valence-corrected chi connectivity index (χ3v) is 2.09. The van der Waals surface area contributed by atoms with Crippen LogP contribution >= 0.6 is 11.8 Å². The van der Waals surface area contributed by atoms with Gasteiger partial charge in [-0.3, -0.25) is 0 Å². The van der Waals surface area contributed by atoms with E-state index in [0.29, 0.717) is 0 Å². The van der Waals surface area contributed by atoms with Crippen molar-refractivity contribution in [2.75, 3.05) is 12.3 Å². The average molecular weight is 157 g/mol. The summed E-state index contributed by atoms with van der Waals surface area (Å²) in [6.07, 6.45) is 3.60. The molecule has 0 aromatic carbocycles. The van der Waals surface area contributed by atoms with E-state index in [-0.39, 0.29) is 0 Å². The van der Waals surface area contributed by atoms with E-state index in [9.17, 15) is 0 Å². The molecule has 1 heterocycles. The summed E-state index contributed by atoms with van der Waals surface area (Å²) in [5, 5.41) is 0. The zero-order chi connectivity index (χ0) is 7.23. The Kier molecular flexibility index (Phi) is 3.32. The molecule has 56 valence electrons. The number of thioether (sulfide) groups is 1. The summed E-state index contributed by atoms with van der Waals surface area (Å²) in [5.41, 5.74) is 6.41. The molecule has 10 heavy (non-hydrogen) atoms. The SMILES string of the molecule is NCCSCc1c[nH]cn1. The highest BCUT2D eigenvalue weighted by Gasteiger charge is 1.92. The Hall–Kier alpha value is -0.480. The zero-order valence-corrected chi connectivity index (χ0v) is 6.53. The Morgan fingerprint density at radius 2 is 2.60 bits per heavy atom. The van der Waals surface area contributed by atoms with Gasteiger partial charge in [-0.05, 0) is 0 Å². The molecule has 0 saturated carbocycles. The van der Waals surface area contributed by atoms with Gasteiger partial charge in [-0.15, -0.1) is 0 Å². The second-order valence-corrected chi connectivity index (χ2v) is 3.01. The largest absolute Gasteiger partial charge is 0.351 e. The van der Waals surface area contributed by atoms with Crippen molar-refractivity contribution in [3.05, 3.63) is 18.2 Å². The van der Waals surface area contributed by atoms with Crippen LogP contribution in [0.15, 0.2) is 12.5 Å². The highest BCUT2D eigenvalue weighted by atomic mass is 32.2. The number of hydrogen-bond acceptors (Lipinski definition) is 3.